The zero-order chi connectivity index (χ0) is 15.5. The predicted molar refractivity (Wildman–Crippen MR) is 86.4 cm³/mol. The molecule has 1 amide bonds. The van der Waals surface area contributed by atoms with Gasteiger partial charge in [-0.2, -0.15) is 0 Å². The summed E-state index contributed by atoms with van der Waals surface area (Å²) in [5.74, 6) is 1.26. The smallest absolute Gasteiger partial charge is 0.220 e. The maximum atomic E-state index is 12.0. The monoisotopic (exact) mass is 294 g/mol. The van der Waals surface area contributed by atoms with E-state index in [0.29, 0.717) is 13.0 Å². The Bertz CT molecular complexity index is 374. The highest BCUT2D eigenvalue weighted by molar-refractivity contribution is 5.76. The lowest BCUT2D eigenvalue weighted by Gasteiger charge is -2.15. The number of hydrogen-bond donors (Lipinski definition) is 1. The summed E-state index contributed by atoms with van der Waals surface area (Å²) in [4.78, 5) is 14.1. The van der Waals surface area contributed by atoms with Crippen LogP contribution in [-0.4, -0.2) is 38.0 Å². The van der Waals surface area contributed by atoms with Crippen LogP contribution in [0.5, 0.6) is 0 Å². The summed E-state index contributed by atoms with van der Waals surface area (Å²) in [5.41, 5.74) is 0. The van der Waals surface area contributed by atoms with Gasteiger partial charge in [-0.05, 0) is 32.6 Å². The van der Waals surface area contributed by atoms with Gasteiger partial charge < -0.3 is 14.6 Å². The van der Waals surface area contributed by atoms with E-state index >= 15 is 0 Å². The Morgan fingerprint density at radius 3 is 2.76 bits per heavy atom. The first-order chi connectivity index (χ1) is 10.1. The van der Waals surface area contributed by atoms with Crippen molar-refractivity contribution in [3.63, 3.8) is 0 Å². The van der Waals surface area contributed by atoms with Gasteiger partial charge in [0.1, 0.15) is 5.76 Å². The molecular formula is C17H30N2O2. The van der Waals surface area contributed by atoms with E-state index in [0.717, 1.165) is 25.1 Å². The van der Waals surface area contributed by atoms with Crippen molar-refractivity contribution in [3.05, 3.63) is 24.2 Å². The van der Waals surface area contributed by atoms with Gasteiger partial charge in [0.25, 0.3) is 0 Å². The van der Waals surface area contributed by atoms with Crippen LogP contribution in [0.4, 0.5) is 0 Å². The Kier molecular flexibility index (Phi) is 8.83. The molecule has 0 aliphatic heterocycles. The zero-order valence-corrected chi connectivity index (χ0v) is 13.7. The Hall–Kier alpha value is -1.29. The van der Waals surface area contributed by atoms with Gasteiger partial charge in [0, 0.05) is 25.4 Å². The van der Waals surface area contributed by atoms with Crippen LogP contribution >= 0.6 is 0 Å². The molecule has 1 atom stereocenters. The molecule has 0 aliphatic rings. The molecule has 1 N–H and O–H groups in total. The van der Waals surface area contributed by atoms with Crippen LogP contribution in [-0.2, 0) is 4.79 Å². The van der Waals surface area contributed by atoms with E-state index in [9.17, 15) is 4.79 Å². The fourth-order valence-corrected chi connectivity index (χ4v) is 2.40. The molecule has 0 saturated heterocycles. The summed E-state index contributed by atoms with van der Waals surface area (Å²) >= 11 is 0. The van der Waals surface area contributed by atoms with Gasteiger partial charge in [0.2, 0.25) is 5.91 Å². The molecule has 0 aromatic carbocycles. The zero-order valence-electron chi connectivity index (χ0n) is 13.7. The van der Waals surface area contributed by atoms with Crippen molar-refractivity contribution in [1.29, 1.82) is 0 Å². The van der Waals surface area contributed by atoms with Gasteiger partial charge in [0.05, 0.1) is 6.26 Å². The molecule has 0 bridgehead atoms. The molecule has 21 heavy (non-hydrogen) atoms. The van der Waals surface area contributed by atoms with Crippen LogP contribution in [0.2, 0.25) is 0 Å². The minimum Gasteiger partial charge on any atom is -0.469 e. The summed E-state index contributed by atoms with van der Waals surface area (Å²) in [6.07, 6.45) is 8.12. The van der Waals surface area contributed by atoms with E-state index in [2.05, 4.69) is 17.1 Å². The summed E-state index contributed by atoms with van der Waals surface area (Å²) in [6, 6.07) is 3.88. The molecule has 0 fully saturated rings. The third-order valence-electron chi connectivity index (χ3n) is 3.66. The van der Waals surface area contributed by atoms with E-state index in [4.69, 9.17) is 4.42 Å². The van der Waals surface area contributed by atoms with Gasteiger partial charge in [-0.25, -0.2) is 0 Å². The van der Waals surface area contributed by atoms with Crippen molar-refractivity contribution in [3.8, 4) is 0 Å². The molecular weight excluding hydrogens is 264 g/mol. The number of nitrogens with zero attached hydrogens (tertiary/aromatic N) is 1. The molecule has 120 valence electrons. The number of hydrogen-bond acceptors (Lipinski definition) is 3. The van der Waals surface area contributed by atoms with Crippen molar-refractivity contribution < 1.29 is 9.21 Å². The van der Waals surface area contributed by atoms with Crippen LogP contribution < -0.4 is 5.32 Å². The summed E-state index contributed by atoms with van der Waals surface area (Å²) in [5, 5.41) is 2.99. The number of nitrogens with one attached hydrogen (secondary N) is 1. The van der Waals surface area contributed by atoms with Crippen molar-refractivity contribution in [2.24, 2.45) is 0 Å². The summed E-state index contributed by atoms with van der Waals surface area (Å²) < 4.78 is 5.51. The molecule has 0 saturated carbocycles. The second-order valence-corrected chi connectivity index (χ2v) is 5.92. The molecule has 0 spiro atoms. The molecule has 1 rings (SSSR count). The second-order valence-electron chi connectivity index (χ2n) is 5.92. The van der Waals surface area contributed by atoms with Gasteiger partial charge in [-0.3, -0.25) is 4.79 Å². The maximum Gasteiger partial charge on any atom is 0.220 e. The number of rotatable bonds is 11. The Morgan fingerprint density at radius 1 is 1.33 bits per heavy atom. The van der Waals surface area contributed by atoms with E-state index in [1.54, 1.807) is 6.26 Å². The van der Waals surface area contributed by atoms with E-state index in [1.165, 1.54) is 19.3 Å². The fourth-order valence-electron chi connectivity index (χ4n) is 2.40. The van der Waals surface area contributed by atoms with E-state index < -0.39 is 0 Å². The maximum absolute atomic E-state index is 12.0. The SMILES string of the molecule is CCCCCC[C@H](CC(=O)NCCN(C)C)c1ccco1. The van der Waals surface area contributed by atoms with Crippen molar-refractivity contribution in [1.82, 2.24) is 10.2 Å². The second kappa shape index (κ2) is 10.4. The minimum atomic E-state index is 0.119. The van der Waals surface area contributed by atoms with Crippen molar-refractivity contribution in [2.75, 3.05) is 27.2 Å². The normalized spacial score (nSPS) is 12.6. The lowest BCUT2D eigenvalue weighted by molar-refractivity contribution is -0.121. The Labute approximate surface area is 128 Å². The topological polar surface area (TPSA) is 45.5 Å². The van der Waals surface area contributed by atoms with E-state index in [-0.39, 0.29) is 11.8 Å². The fraction of sp³-hybridized carbons (Fsp3) is 0.706. The van der Waals surface area contributed by atoms with Gasteiger partial charge in [-0.15, -0.1) is 0 Å². The van der Waals surface area contributed by atoms with Gasteiger partial charge in [0.15, 0.2) is 0 Å². The average Bonchev–Trinajstić information content (AvgIpc) is 2.95. The summed E-state index contributed by atoms with van der Waals surface area (Å²) in [7, 11) is 4.01. The quantitative estimate of drug-likeness (QED) is 0.636. The standard InChI is InChI=1S/C17H30N2O2/c1-4-5-6-7-9-15(16-10-8-13-21-16)14-17(20)18-11-12-19(2)3/h8,10,13,15H,4-7,9,11-12,14H2,1-3H3,(H,18,20)/t15-/m1/s1. The number of likely N-dealkylation sites (N-methyl/N-ethyl adjacent to an activating group) is 1. The largest absolute Gasteiger partial charge is 0.469 e. The first-order valence-electron chi connectivity index (χ1n) is 8.08. The van der Waals surface area contributed by atoms with Crippen molar-refractivity contribution in [2.45, 2.75) is 51.4 Å². The number of unbranched alkanes of at least 4 members (excludes halogenated alkanes) is 3. The molecule has 0 unspecified atom stereocenters. The molecule has 4 nitrogen and oxygen atoms in total. The van der Waals surface area contributed by atoms with Crippen molar-refractivity contribution >= 4 is 5.91 Å². The van der Waals surface area contributed by atoms with Crippen LogP contribution in [0.25, 0.3) is 0 Å². The molecule has 1 aromatic heterocycles. The van der Waals surface area contributed by atoms with Gasteiger partial charge in [-0.1, -0.05) is 32.6 Å². The lowest BCUT2D eigenvalue weighted by atomic mass is 9.94. The van der Waals surface area contributed by atoms with Crippen LogP contribution in [0.1, 0.15) is 57.1 Å². The highest BCUT2D eigenvalue weighted by Crippen LogP contribution is 2.26. The Balaban J connectivity index is 2.39. The first kappa shape index (κ1) is 17.8. The first-order valence-corrected chi connectivity index (χ1v) is 8.08. The van der Waals surface area contributed by atoms with Crippen LogP contribution in [0, 0.1) is 0 Å². The summed E-state index contributed by atoms with van der Waals surface area (Å²) in [6.45, 7) is 3.78. The van der Waals surface area contributed by atoms with Crippen LogP contribution in [0.15, 0.2) is 22.8 Å². The van der Waals surface area contributed by atoms with Gasteiger partial charge >= 0.3 is 0 Å². The number of carbonyl (C=O) groups excluding carboxylic acids is 1. The number of furan rings is 1. The molecule has 1 aromatic rings. The molecule has 1 heterocycles. The molecule has 4 heteroatoms. The average molecular weight is 294 g/mol. The Morgan fingerprint density at radius 2 is 2.14 bits per heavy atom. The predicted octanol–water partition coefficient (Wildman–Crippen LogP) is 3.40. The minimum absolute atomic E-state index is 0.119. The van der Waals surface area contributed by atoms with Crippen LogP contribution in [0.3, 0.4) is 0 Å². The number of carbonyl (C=O) groups is 1. The third kappa shape index (κ3) is 7.90. The lowest BCUT2D eigenvalue weighted by Crippen LogP contribution is -2.32. The highest BCUT2D eigenvalue weighted by atomic mass is 16.3. The highest BCUT2D eigenvalue weighted by Gasteiger charge is 2.18. The third-order valence-corrected chi connectivity index (χ3v) is 3.66. The van der Waals surface area contributed by atoms with E-state index in [1.807, 2.05) is 26.2 Å². The number of amides is 1. The molecule has 0 aliphatic carbocycles. The molecule has 0 radical (unpaired) electrons.